The second-order valence-corrected chi connectivity index (χ2v) is 17.4. The van der Waals surface area contributed by atoms with Crippen LogP contribution < -0.4 is 64.4 Å². The molecule has 0 saturated carbocycles. The van der Waals surface area contributed by atoms with Gasteiger partial charge in [-0.15, -0.1) is 0 Å². The van der Waals surface area contributed by atoms with E-state index in [9.17, 15) is 44.2 Å². The molecule has 0 aliphatic heterocycles. The molecule has 18 nitrogen and oxygen atoms in total. The van der Waals surface area contributed by atoms with Crippen molar-refractivity contribution in [3.05, 3.63) is 150 Å². The molecule has 26 heteroatoms. The monoisotopic (exact) mass is 1230 g/mol. The van der Waals surface area contributed by atoms with Gasteiger partial charge in [-0.2, -0.15) is 10.8 Å². The van der Waals surface area contributed by atoms with Gasteiger partial charge in [-0.1, -0.05) is 6.42 Å². The van der Waals surface area contributed by atoms with Gasteiger partial charge >= 0.3 is 59.1 Å². The van der Waals surface area contributed by atoms with Crippen LogP contribution in [0, 0.1) is 13.8 Å². The Morgan fingerprint density at radius 2 is 0.828 bits per heavy atom. The number of rotatable bonds is 15. The first-order valence-electron chi connectivity index (χ1n) is 17.3. The first-order chi connectivity index (χ1) is 28.4. The van der Waals surface area contributed by atoms with Crippen LogP contribution in [0.4, 0.5) is 0 Å². The number of aromatic nitrogens is 6. The molecule has 6 aromatic rings. The molecule has 64 heavy (non-hydrogen) atoms. The van der Waals surface area contributed by atoms with Gasteiger partial charge in [-0.05, 0) is 113 Å². The van der Waals surface area contributed by atoms with Crippen molar-refractivity contribution in [3.8, 4) is 34.2 Å². The summed E-state index contributed by atoms with van der Waals surface area (Å²) in [5.74, 6) is -1.62. The summed E-state index contributed by atoms with van der Waals surface area (Å²) in [7, 11) is -13.2. The molecule has 0 spiro atoms. The molecule has 0 aromatic carbocycles. The van der Waals surface area contributed by atoms with Crippen molar-refractivity contribution >= 4 is 42.4 Å². The van der Waals surface area contributed by atoms with Crippen molar-refractivity contribution in [2.24, 2.45) is 0 Å². The van der Waals surface area contributed by atoms with Gasteiger partial charge in [0.05, 0.1) is 81.8 Å². The van der Waals surface area contributed by atoms with E-state index in [-0.39, 0.29) is 122 Å². The summed E-state index contributed by atoms with van der Waals surface area (Å²) >= 11 is 0.818. The predicted molar refractivity (Wildman–Crippen MR) is 214 cm³/mol. The Morgan fingerprint density at radius 1 is 0.531 bits per heavy atom. The van der Waals surface area contributed by atoms with Gasteiger partial charge in [-0.25, -0.2) is 25.3 Å². The average Bonchev–Trinajstić information content (AvgIpc) is 3.17. The van der Waals surface area contributed by atoms with Gasteiger partial charge in [0, 0.05) is 95.5 Å². The summed E-state index contributed by atoms with van der Waals surface area (Å²) in [5.41, 5.74) is 7.45. The smallest absolute Gasteiger partial charge is 0.748 e. The van der Waals surface area contributed by atoms with E-state index in [1.54, 1.807) is 18.3 Å². The molecule has 0 amide bonds. The summed E-state index contributed by atoms with van der Waals surface area (Å²) in [6.07, 6.45) is 11.1. The fourth-order valence-electron chi connectivity index (χ4n) is 5.19. The zero-order valence-corrected chi connectivity index (χ0v) is 46.3. The maximum atomic E-state index is 10.8. The summed E-state index contributed by atoms with van der Waals surface area (Å²) in [6.45, 7) is 5.92. The molecule has 0 saturated heterocycles. The minimum atomic E-state index is -4.43. The Kier molecular flexibility index (Phi) is 29.7. The maximum absolute atomic E-state index is 10.8. The van der Waals surface area contributed by atoms with E-state index < -0.39 is 47.6 Å². The Bertz CT molecular complexity index is 2640. The van der Waals surface area contributed by atoms with Gasteiger partial charge in [0.25, 0.3) is 0 Å². The van der Waals surface area contributed by atoms with Crippen LogP contribution in [0.1, 0.15) is 39.8 Å². The Hall–Kier alpha value is -1.83. The summed E-state index contributed by atoms with van der Waals surface area (Å²) < 4.78 is 101. The van der Waals surface area contributed by atoms with E-state index in [2.05, 4.69) is 65.3 Å². The van der Waals surface area contributed by atoms with Crippen LogP contribution in [0.15, 0.2) is 110 Å². The van der Waals surface area contributed by atoms with Crippen LogP contribution in [0.2, 0.25) is 0 Å². The zero-order chi connectivity index (χ0) is 43.8. The zero-order valence-electron chi connectivity index (χ0n) is 34.3. The molecular weight excluding hydrogens is 1190 g/mol. The van der Waals surface area contributed by atoms with Gasteiger partial charge in [-0.3, -0.25) is 34.9 Å². The maximum Gasteiger partial charge on any atom is 1.00 e. The third-order valence-corrected chi connectivity index (χ3v) is 10.3. The second kappa shape index (κ2) is 30.5. The van der Waals surface area contributed by atoms with Crippen molar-refractivity contribution in [1.82, 2.24) is 29.9 Å². The number of hydrogen-bond donors (Lipinski definition) is 0. The van der Waals surface area contributed by atoms with Gasteiger partial charge in [0.2, 0.25) is 0 Å². The third-order valence-electron chi connectivity index (χ3n) is 7.62. The SMILES string of the molecule is O=S(=O)([O-])Cc1ccnc(-c2cc(CS(=O)(=O)[O-])ccn2)c1.O=S(=O)([O-])Cc1ccnc(-c2cc(CSOO[O-])ccn2)c1.[CH2-]CCc1ccnc(-c2cc(C)ccn2)c1.[Na+].[Na+].[Ru].[W]. The number of aryl methyl sites for hydroxylation is 2. The van der Waals surface area contributed by atoms with Crippen molar-refractivity contribution in [1.29, 1.82) is 0 Å². The summed E-state index contributed by atoms with van der Waals surface area (Å²) in [5, 5.41) is 13.0. The standard InChI is InChI=1S/C14H15N2.2C12H12N2O6S2.2Na.Ru.W/c1-3-4-12-6-8-16-14(10-12)13-9-11(2)5-7-15-13;15-21(16,17)7-9-1-3-13-11(5-9)12-6-10(2-4-14-12)8-22(18,19)20;15-19-20-21-7-9-1-3-13-11(5-9)12-6-10(2-4-14-12)8-22(16,17)18;;;;/h5-10H,1,3-4H2,2H3;1-6H,7-8H2,(H,15,16,17)(H,18,19,20);1-6,15H,7-8H2,(H,16,17,18);;;;/q-1;;;2*+1;;/p-4. The number of pyridine rings is 6. The first kappa shape index (κ1) is 62.2. The van der Waals surface area contributed by atoms with Crippen LogP contribution in [0.5, 0.6) is 0 Å². The number of nitrogens with zero attached hydrogens (tertiary/aromatic N) is 6. The molecule has 0 unspecified atom stereocenters. The molecule has 0 fully saturated rings. The molecule has 6 heterocycles. The minimum absolute atomic E-state index is 0. The van der Waals surface area contributed by atoms with Gasteiger partial charge in [0.15, 0.2) is 0 Å². The second-order valence-electron chi connectivity index (χ2n) is 12.6. The van der Waals surface area contributed by atoms with E-state index >= 15 is 0 Å². The quantitative estimate of drug-likeness (QED) is 0.0205. The number of hydrogen-bond acceptors (Lipinski definition) is 19. The summed E-state index contributed by atoms with van der Waals surface area (Å²) in [4.78, 5) is 24.9. The molecule has 0 N–H and O–H groups in total. The predicted octanol–water partition coefficient (Wildman–Crippen LogP) is -1.98. The molecule has 0 aliphatic carbocycles. The fourth-order valence-corrected chi connectivity index (χ4v) is 7.36. The van der Waals surface area contributed by atoms with Gasteiger partial charge < -0.3 is 25.8 Å². The van der Waals surface area contributed by atoms with E-state index in [1.807, 2.05) is 24.5 Å². The molecule has 0 atom stereocenters. The van der Waals surface area contributed by atoms with Crippen molar-refractivity contribution in [2.45, 2.75) is 42.8 Å². The normalized spacial score (nSPS) is 10.8. The topological polar surface area (TPSA) is 290 Å². The van der Waals surface area contributed by atoms with Crippen LogP contribution in [-0.4, -0.2) is 68.8 Å². The van der Waals surface area contributed by atoms with E-state index in [0.29, 0.717) is 22.7 Å². The Morgan fingerprint density at radius 3 is 1.16 bits per heavy atom. The molecule has 6 rings (SSSR count). The van der Waals surface area contributed by atoms with Crippen molar-refractivity contribution in [3.63, 3.8) is 0 Å². The first-order valence-corrected chi connectivity index (χ1v) is 22.9. The van der Waals surface area contributed by atoms with E-state index in [1.165, 1.54) is 66.1 Å². The Labute approximate surface area is 447 Å². The van der Waals surface area contributed by atoms with E-state index in [4.69, 9.17) is 0 Å². The van der Waals surface area contributed by atoms with Crippen LogP contribution in [-0.2, 0) is 110 Å². The van der Waals surface area contributed by atoms with E-state index in [0.717, 1.165) is 41.8 Å². The summed E-state index contributed by atoms with van der Waals surface area (Å²) in [6, 6.07) is 20.0. The van der Waals surface area contributed by atoms with Crippen LogP contribution in [0.3, 0.4) is 0 Å². The van der Waals surface area contributed by atoms with Gasteiger partial charge in [0.1, 0.15) is 0 Å². The minimum Gasteiger partial charge on any atom is -0.748 e. The molecule has 0 aliphatic rings. The fraction of sp³-hybridized carbons (Fsp3) is 0.184. The molecule has 332 valence electrons. The molecule has 0 radical (unpaired) electrons. The van der Waals surface area contributed by atoms with Crippen molar-refractivity contribution in [2.75, 3.05) is 0 Å². The van der Waals surface area contributed by atoms with Crippen molar-refractivity contribution < 1.29 is 153 Å². The molecule has 6 aromatic heterocycles. The average molecular weight is 1230 g/mol. The van der Waals surface area contributed by atoms with Crippen LogP contribution in [0.25, 0.3) is 34.2 Å². The largest absolute Gasteiger partial charge is 1.00 e. The molecule has 0 bridgehead atoms. The molecular formula is C38H35N6Na2O12RuS4W-3. The van der Waals surface area contributed by atoms with Crippen LogP contribution >= 0.6 is 12.0 Å². The Balaban J connectivity index is 0.000000913. The third kappa shape index (κ3) is 24.3.